The number of ether oxygens (including phenoxy) is 2. The smallest absolute Gasteiger partial charge is 0.350 e. The van der Waals surface area contributed by atoms with E-state index >= 15 is 0 Å². The third kappa shape index (κ3) is 4.86. The van der Waals surface area contributed by atoms with E-state index in [1.165, 1.54) is 23.8 Å². The number of carbonyl (C=O) groups excluding carboxylic acids is 2. The highest BCUT2D eigenvalue weighted by atomic mass is 35.5. The van der Waals surface area contributed by atoms with Crippen molar-refractivity contribution in [3.05, 3.63) is 81.9 Å². The summed E-state index contributed by atoms with van der Waals surface area (Å²) in [6.07, 6.45) is 1.37. The van der Waals surface area contributed by atoms with Crippen molar-refractivity contribution < 1.29 is 19.1 Å². The van der Waals surface area contributed by atoms with Crippen LogP contribution in [0.2, 0.25) is 5.02 Å². The van der Waals surface area contributed by atoms with Gasteiger partial charge in [0.15, 0.2) is 5.65 Å². The monoisotopic (exact) mass is 481 g/mol. The largest absolute Gasteiger partial charge is 0.497 e. The summed E-state index contributed by atoms with van der Waals surface area (Å²) in [5.74, 6) is 0.185. The Morgan fingerprint density at radius 1 is 1.00 bits per heavy atom. The van der Waals surface area contributed by atoms with Crippen molar-refractivity contribution in [1.29, 1.82) is 0 Å². The fourth-order valence-electron chi connectivity index (χ4n) is 3.24. The fourth-order valence-corrected chi connectivity index (χ4v) is 3.41. The van der Waals surface area contributed by atoms with Crippen molar-refractivity contribution in [2.75, 3.05) is 24.9 Å². The molecule has 0 fully saturated rings. The number of fused-ring (bicyclic) bond motifs is 1. The molecule has 4 aromatic rings. The van der Waals surface area contributed by atoms with Gasteiger partial charge in [0, 0.05) is 16.9 Å². The summed E-state index contributed by atoms with van der Waals surface area (Å²) in [5, 5.41) is 9.99. The second-order valence-electron chi connectivity index (χ2n) is 7.16. The summed E-state index contributed by atoms with van der Waals surface area (Å²) in [6, 6.07) is 14.7. The molecule has 0 radical (unpaired) electrons. The highest BCUT2D eigenvalue weighted by molar-refractivity contribution is 6.31. The van der Waals surface area contributed by atoms with E-state index in [2.05, 4.69) is 15.7 Å². The van der Waals surface area contributed by atoms with E-state index < -0.39 is 17.5 Å². The molecule has 2 N–H and O–H groups in total. The van der Waals surface area contributed by atoms with E-state index in [4.69, 9.17) is 21.1 Å². The third-order valence-electron chi connectivity index (χ3n) is 4.92. The van der Waals surface area contributed by atoms with Gasteiger partial charge in [-0.3, -0.25) is 9.59 Å². The summed E-state index contributed by atoms with van der Waals surface area (Å²) in [7, 11) is 3.02. The Morgan fingerprint density at radius 2 is 1.76 bits per heavy atom. The van der Waals surface area contributed by atoms with Crippen LogP contribution in [0.4, 0.5) is 11.4 Å². The molecule has 174 valence electrons. The molecule has 2 aromatic heterocycles. The molecule has 0 saturated heterocycles. The van der Waals surface area contributed by atoms with Crippen LogP contribution in [-0.2, 0) is 11.3 Å². The zero-order valence-corrected chi connectivity index (χ0v) is 19.0. The fraction of sp³-hybridized carbons (Fsp3) is 0.130. The summed E-state index contributed by atoms with van der Waals surface area (Å²) >= 11 is 5.99. The zero-order valence-electron chi connectivity index (χ0n) is 18.2. The number of anilines is 2. The van der Waals surface area contributed by atoms with Crippen LogP contribution < -0.4 is 25.8 Å². The molecule has 2 heterocycles. The van der Waals surface area contributed by atoms with Crippen molar-refractivity contribution in [3.8, 4) is 11.5 Å². The number of carbonyl (C=O) groups is 2. The summed E-state index contributed by atoms with van der Waals surface area (Å²) in [5.41, 5.74) is 0.913. The number of nitrogens with zero attached hydrogens (tertiary/aromatic N) is 3. The Labute approximate surface area is 198 Å². The molecule has 4 rings (SSSR count). The van der Waals surface area contributed by atoms with E-state index in [1.54, 1.807) is 55.6 Å². The van der Waals surface area contributed by atoms with Gasteiger partial charge in [-0.25, -0.2) is 13.9 Å². The number of rotatable bonds is 7. The quantitative estimate of drug-likeness (QED) is 0.419. The van der Waals surface area contributed by atoms with Crippen molar-refractivity contribution in [2.45, 2.75) is 6.54 Å². The van der Waals surface area contributed by atoms with Gasteiger partial charge in [-0.2, -0.15) is 0 Å². The van der Waals surface area contributed by atoms with Crippen molar-refractivity contribution in [2.24, 2.45) is 0 Å². The number of benzene rings is 2. The van der Waals surface area contributed by atoms with Crippen molar-refractivity contribution >= 4 is 40.4 Å². The van der Waals surface area contributed by atoms with Crippen molar-refractivity contribution in [3.63, 3.8) is 0 Å². The Bertz CT molecular complexity index is 1430. The van der Waals surface area contributed by atoms with Gasteiger partial charge in [-0.15, -0.1) is 5.10 Å². The first kappa shape index (κ1) is 22.9. The average molecular weight is 482 g/mol. The minimum atomic E-state index is -0.567. The summed E-state index contributed by atoms with van der Waals surface area (Å²) < 4.78 is 12.5. The Balaban J connectivity index is 1.51. The Morgan fingerprint density at radius 3 is 2.47 bits per heavy atom. The van der Waals surface area contributed by atoms with E-state index in [-0.39, 0.29) is 12.1 Å². The molecule has 2 amide bonds. The summed E-state index contributed by atoms with van der Waals surface area (Å²) in [6.45, 7) is -0.344. The van der Waals surface area contributed by atoms with Gasteiger partial charge >= 0.3 is 5.69 Å². The molecule has 0 aliphatic heterocycles. The standard InChI is InChI=1S/C23H20ClN5O5/c1-33-17-7-5-16(6-8-17)25-22(31)14-3-10-20-27-29(23(32)28(20)12-14)13-21(30)26-18-11-15(24)4-9-19(18)34-2/h3-12H,13H2,1-2H3,(H,25,31)(H,26,30). The molecule has 10 nitrogen and oxygen atoms in total. The number of aromatic nitrogens is 3. The lowest BCUT2D eigenvalue weighted by Gasteiger charge is -2.10. The van der Waals surface area contributed by atoms with Crippen LogP contribution in [0.25, 0.3) is 5.65 Å². The number of nitrogens with one attached hydrogen (secondary N) is 2. The van der Waals surface area contributed by atoms with Gasteiger partial charge in [-0.05, 0) is 54.6 Å². The molecule has 0 bridgehead atoms. The van der Waals surface area contributed by atoms with E-state index in [1.807, 2.05) is 0 Å². The van der Waals surface area contributed by atoms with Crippen LogP contribution in [-0.4, -0.2) is 40.2 Å². The highest BCUT2D eigenvalue weighted by Gasteiger charge is 2.15. The first-order chi connectivity index (χ1) is 16.4. The van der Waals surface area contributed by atoms with Crippen molar-refractivity contribution in [1.82, 2.24) is 14.2 Å². The summed E-state index contributed by atoms with van der Waals surface area (Å²) in [4.78, 5) is 37.9. The lowest BCUT2D eigenvalue weighted by Crippen LogP contribution is -2.28. The van der Waals surface area contributed by atoms with Gasteiger partial charge in [0.2, 0.25) is 5.91 Å². The Hall–Kier alpha value is -4.31. The number of amides is 2. The van der Waals surface area contributed by atoms with E-state index in [0.29, 0.717) is 33.5 Å². The maximum absolute atomic E-state index is 12.8. The molecule has 11 heteroatoms. The van der Waals surface area contributed by atoms with Gasteiger partial charge in [0.05, 0.1) is 25.5 Å². The van der Waals surface area contributed by atoms with Crippen LogP contribution in [0, 0.1) is 0 Å². The topological polar surface area (TPSA) is 116 Å². The zero-order chi connectivity index (χ0) is 24.2. The molecule has 34 heavy (non-hydrogen) atoms. The average Bonchev–Trinajstić information content (AvgIpc) is 3.14. The molecular formula is C23H20ClN5O5. The molecule has 0 unspecified atom stereocenters. The Kier molecular flexibility index (Phi) is 6.51. The molecule has 0 spiro atoms. The number of pyridine rings is 1. The van der Waals surface area contributed by atoms with E-state index in [0.717, 1.165) is 4.68 Å². The second kappa shape index (κ2) is 9.67. The predicted molar refractivity (Wildman–Crippen MR) is 127 cm³/mol. The first-order valence-electron chi connectivity index (χ1n) is 10.1. The number of hydrogen-bond acceptors (Lipinski definition) is 6. The van der Waals surface area contributed by atoms with Gasteiger partial charge in [0.25, 0.3) is 5.91 Å². The maximum Gasteiger partial charge on any atom is 0.350 e. The van der Waals surface area contributed by atoms with Crippen LogP contribution in [0.15, 0.2) is 65.6 Å². The van der Waals surface area contributed by atoms with Gasteiger partial charge in [-0.1, -0.05) is 11.6 Å². The SMILES string of the molecule is COc1ccc(NC(=O)c2ccc3nn(CC(=O)Nc4cc(Cl)ccc4OC)c(=O)n3c2)cc1. The normalized spacial score (nSPS) is 10.7. The van der Waals surface area contributed by atoms with Crippen LogP contribution >= 0.6 is 11.6 Å². The molecule has 0 atom stereocenters. The maximum atomic E-state index is 12.8. The van der Waals surface area contributed by atoms with Crippen LogP contribution in [0.1, 0.15) is 10.4 Å². The molecule has 2 aromatic carbocycles. The lowest BCUT2D eigenvalue weighted by atomic mass is 10.2. The highest BCUT2D eigenvalue weighted by Crippen LogP contribution is 2.27. The van der Waals surface area contributed by atoms with Crippen LogP contribution in [0.5, 0.6) is 11.5 Å². The minimum Gasteiger partial charge on any atom is -0.497 e. The predicted octanol–water partition coefficient (Wildman–Crippen LogP) is 3.06. The number of methoxy groups -OCH3 is 2. The van der Waals surface area contributed by atoms with Gasteiger partial charge < -0.3 is 20.1 Å². The number of halogens is 1. The minimum absolute atomic E-state index is 0.248. The molecular weight excluding hydrogens is 462 g/mol. The van der Waals surface area contributed by atoms with Gasteiger partial charge in [0.1, 0.15) is 18.0 Å². The first-order valence-corrected chi connectivity index (χ1v) is 10.4. The second-order valence-corrected chi connectivity index (χ2v) is 7.60. The van der Waals surface area contributed by atoms with Crippen LogP contribution in [0.3, 0.4) is 0 Å². The molecule has 0 saturated carbocycles. The lowest BCUT2D eigenvalue weighted by molar-refractivity contribution is -0.117. The third-order valence-corrected chi connectivity index (χ3v) is 5.15. The number of hydrogen-bond donors (Lipinski definition) is 2. The molecule has 0 aliphatic rings. The molecule has 0 aliphatic carbocycles. The van der Waals surface area contributed by atoms with E-state index in [9.17, 15) is 14.4 Å².